The summed E-state index contributed by atoms with van der Waals surface area (Å²) in [6.45, 7) is 2.36. The van der Waals surface area contributed by atoms with Gasteiger partial charge in [0.15, 0.2) is 0 Å². The lowest BCUT2D eigenvalue weighted by Gasteiger charge is -2.19. The highest BCUT2D eigenvalue weighted by Gasteiger charge is 2.32. The molecule has 0 aliphatic carbocycles. The van der Waals surface area contributed by atoms with Crippen molar-refractivity contribution in [3.8, 4) is 0 Å². The summed E-state index contributed by atoms with van der Waals surface area (Å²) in [5, 5.41) is 3.93. The fraction of sp³-hybridized carbons (Fsp3) is 0.308. The second kappa shape index (κ2) is 4.24. The number of fused-ring (bicyclic) bond motifs is 1. The average molecular weight is 292 g/mol. The number of aryl methyl sites for hydroxylation is 2. The minimum Gasteiger partial charge on any atom is -0.398 e. The summed E-state index contributed by atoms with van der Waals surface area (Å²) in [6, 6.07) is 3.70. The van der Waals surface area contributed by atoms with Crippen molar-refractivity contribution in [3.05, 3.63) is 35.7 Å². The Hall–Kier alpha value is -2.02. The summed E-state index contributed by atoms with van der Waals surface area (Å²) in [5.41, 5.74) is 9.18. The summed E-state index contributed by atoms with van der Waals surface area (Å²) in [6.07, 6.45) is 3.58. The molecule has 1 aliphatic rings. The second-order valence-electron chi connectivity index (χ2n) is 5.01. The number of sulfonamides is 1. The molecular formula is C13H16N4O2S. The van der Waals surface area contributed by atoms with Crippen LogP contribution in [0.3, 0.4) is 0 Å². The molecule has 0 atom stereocenters. The molecule has 2 aromatic rings. The molecule has 20 heavy (non-hydrogen) atoms. The van der Waals surface area contributed by atoms with E-state index >= 15 is 0 Å². The van der Waals surface area contributed by atoms with Gasteiger partial charge in [-0.25, -0.2) is 8.42 Å². The molecule has 0 saturated heterocycles. The summed E-state index contributed by atoms with van der Waals surface area (Å²) >= 11 is 0. The Kier molecular flexibility index (Phi) is 2.75. The van der Waals surface area contributed by atoms with E-state index in [2.05, 4.69) is 5.10 Å². The molecule has 0 radical (unpaired) electrons. The number of benzene rings is 1. The number of rotatable bonds is 2. The Balaban J connectivity index is 2.09. The molecule has 106 valence electrons. The van der Waals surface area contributed by atoms with E-state index in [1.54, 1.807) is 13.1 Å². The molecule has 6 nitrogen and oxygen atoms in total. The van der Waals surface area contributed by atoms with Crippen LogP contribution in [0.15, 0.2) is 29.4 Å². The fourth-order valence-corrected chi connectivity index (χ4v) is 3.94. The normalized spacial score (nSPS) is 14.6. The number of hydrogen-bond donors (Lipinski definition) is 1. The van der Waals surface area contributed by atoms with E-state index in [9.17, 15) is 8.42 Å². The van der Waals surface area contributed by atoms with Crippen LogP contribution in [-0.2, 0) is 23.5 Å². The molecule has 1 aliphatic heterocycles. The van der Waals surface area contributed by atoms with E-state index in [0.717, 1.165) is 11.1 Å². The van der Waals surface area contributed by atoms with Crippen LogP contribution in [-0.4, -0.2) is 24.7 Å². The largest absolute Gasteiger partial charge is 0.398 e. The van der Waals surface area contributed by atoms with Crippen molar-refractivity contribution in [2.45, 2.75) is 18.2 Å². The summed E-state index contributed by atoms with van der Waals surface area (Å²) in [7, 11) is -1.87. The van der Waals surface area contributed by atoms with Gasteiger partial charge in [0, 0.05) is 25.5 Å². The molecule has 2 heterocycles. The van der Waals surface area contributed by atoms with E-state index in [0.29, 0.717) is 24.3 Å². The van der Waals surface area contributed by atoms with Gasteiger partial charge in [0.05, 0.1) is 11.9 Å². The predicted molar refractivity (Wildman–Crippen MR) is 77.0 cm³/mol. The Morgan fingerprint density at radius 1 is 1.35 bits per heavy atom. The van der Waals surface area contributed by atoms with E-state index in [1.807, 2.05) is 13.0 Å². The van der Waals surface area contributed by atoms with Crippen LogP contribution >= 0.6 is 0 Å². The molecule has 2 N–H and O–H groups in total. The fourth-order valence-electron chi connectivity index (χ4n) is 2.46. The average Bonchev–Trinajstić information content (AvgIpc) is 2.97. The van der Waals surface area contributed by atoms with Crippen LogP contribution in [0.4, 0.5) is 11.4 Å². The zero-order chi connectivity index (χ0) is 14.5. The Bertz CT molecular complexity index is 780. The molecule has 0 bridgehead atoms. The van der Waals surface area contributed by atoms with Gasteiger partial charge >= 0.3 is 0 Å². The van der Waals surface area contributed by atoms with Gasteiger partial charge in [0.25, 0.3) is 10.0 Å². The maximum Gasteiger partial charge on any atom is 0.267 e. The first-order chi connectivity index (χ1) is 9.39. The van der Waals surface area contributed by atoms with Crippen molar-refractivity contribution in [2.24, 2.45) is 7.05 Å². The van der Waals surface area contributed by atoms with Crippen molar-refractivity contribution >= 4 is 21.4 Å². The molecule has 7 heteroatoms. The standard InChI is InChI=1S/C13H16N4O2S/c1-9-5-10-3-4-17(13(10)6-12(9)14)20(18,19)11-7-15-16(2)8-11/h5-8H,3-4,14H2,1-2H3. The lowest BCUT2D eigenvalue weighted by molar-refractivity contribution is 0.592. The van der Waals surface area contributed by atoms with Crippen molar-refractivity contribution in [2.75, 3.05) is 16.6 Å². The zero-order valence-corrected chi connectivity index (χ0v) is 12.2. The number of hydrogen-bond acceptors (Lipinski definition) is 4. The summed E-state index contributed by atoms with van der Waals surface area (Å²) < 4.78 is 28.2. The SMILES string of the molecule is Cc1cc2c(cc1N)N(S(=O)(=O)c1cnn(C)c1)CC2. The maximum absolute atomic E-state index is 12.6. The molecule has 0 spiro atoms. The number of nitrogens with two attached hydrogens (primary N) is 1. The molecule has 1 aromatic carbocycles. The van der Waals surface area contributed by atoms with Gasteiger partial charge in [-0.05, 0) is 30.5 Å². The highest BCUT2D eigenvalue weighted by molar-refractivity contribution is 7.92. The molecule has 1 aromatic heterocycles. The highest BCUT2D eigenvalue weighted by Crippen LogP contribution is 2.35. The van der Waals surface area contributed by atoms with E-state index in [1.165, 1.54) is 21.4 Å². The van der Waals surface area contributed by atoms with Gasteiger partial charge < -0.3 is 5.73 Å². The van der Waals surface area contributed by atoms with E-state index < -0.39 is 10.0 Å². The van der Waals surface area contributed by atoms with Crippen LogP contribution in [0.1, 0.15) is 11.1 Å². The third-order valence-corrected chi connectivity index (χ3v) is 5.36. The van der Waals surface area contributed by atoms with Crippen LogP contribution in [0.2, 0.25) is 0 Å². The Morgan fingerprint density at radius 3 is 2.75 bits per heavy atom. The first-order valence-electron chi connectivity index (χ1n) is 6.30. The second-order valence-corrected chi connectivity index (χ2v) is 6.88. The summed E-state index contributed by atoms with van der Waals surface area (Å²) in [5.74, 6) is 0. The van der Waals surface area contributed by atoms with E-state index in [4.69, 9.17) is 5.73 Å². The Labute approximate surface area is 117 Å². The lowest BCUT2D eigenvalue weighted by Crippen LogP contribution is -2.28. The van der Waals surface area contributed by atoms with Crippen molar-refractivity contribution in [3.63, 3.8) is 0 Å². The van der Waals surface area contributed by atoms with Crippen LogP contribution in [0.25, 0.3) is 0 Å². The van der Waals surface area contributed by atoms with Crippen LogP contribution < -0.4 is 10.0 Å². The topological polar surface area (TPSA) is 81.2 Å². The van der Waals surface area contributed by atoms with Gasteiger partial charge in [-0.3, -0.25) is 8.99 Å². The van der Waals surface area contributed by atoms with Crippen LogP contribution in [0.5, 0.6) is 0 Å². The van der Waals surface area contributed by atoms with Gasteiger partial charge in [-0.2, -0.15) is 5.10 Å². The number of nitrogen functional groups attached to an aromatic ring is 1. The first kappa shape index (κ1) is 13.0. The first-order valence-corrected chi connectivity index (χ1v) is 7.74. The lowest BCUT2D eigenvalue weighted by atomic mass is 10.1. The molecule has 0 fully saturated rings. The van der Waals surface area contributed by atoms with Crippen LogP contribution in [0, 0.1) is 6.92 Å². The van der Waals surface area contributed by atoms with Gasteiger partial charge in [0.2, 0.25) is 0 Å². The molecule has 0 unspecified atom stereocenters. The summed E-state index contributed by atoms with van der Waals surface area (Å²) in [4.78, 5) is 0.201. The quantitative estimate of drug-likeness (QED) is 0.839. The predicted octanol–water partition coefficient (Wildman–Crippen LogP) is 1.06. The molecule has 0 saturated carbocycles. The number of anilines is 2. The monoisotopic (exact) mass is 292 g/mol. The molecule has 0 amide bonds. The van der Waals surface area contributed by atoms with E-state index in [-0.39, 0.29) is 4.90 Å². The smallest absolute Gasteiger partial charge is 0.267 e. The number of nitrogens with zero attached hydrogens (tertiary/aromatic N) is 3. The zero-order valence-electron chi connectivity index (χ0n) is 11.4. The molecule has 3 rings (SSSR count). The minimum absolute atomic E-state index is 0.201. The van der Waals surface area contributed by atoms with Gasteiger partial charge in [-0.1, -0.05) is 6.07 Å². The van der Waals surface area contributed by atoms with Crippen molar-refractivity contribution in [1.29, 1.82) is 0 Å². The minimum atomic E-state index is -3.57. The molecular weight excluding hydrogens is 276 g/mol. The third-order valence-electron chi connectivity index (χ3n) is 3.59. The van der Waals surface area contributed by atoms with Crippen molar-refractivity contribution in [1.82, 2.24) is 9.78 Å². The third kappa shape index (κ3) is 1.85. The van der Waals surface area contributed by atoms with Crippen molar-refractivity contribution < 1.29 is 8.42 Å². The van der Waals surface area contributed by atoms with Gasteiger partial charge in [0.1, 0.15) is 4.90 Å². The number of aromatic nitrogens is 2. The maximum atomic E-state index is 12.6. The Morgan fingerprint density at radius 2 is 2.10 bits per heavy atom. The highest BCUT2D eigenvalue weighted by atomic mass is 32.2. The van der Waals surface area contributed by atoms with Gasteiger partial charge in [-0.15, -0.1) is 0 Å².